The molecule has 3 nitrogen and oxygen atoms in total. The second-order valence-electron chi connectivity index (χ2n) is 12.2. The third-order valence-electron chi connectivity index (χ3n) is 8.26. The second kappa shape index (κ2) is 31.4. The number of hydrogen-bond acceptors (Lipinski definition) is 2. The largest absolute Gasteiger partial charge is 0.286 e. The lowest BCUT2D eigenvalue weighted by molar-refractivity contribution is 0.478. The van der Waals surface area contributed by atoms with Crippen LogP contribution in [0.3, 0.4) is 0 Å². The predicted molar refractivity (Wildman–Crippen MR) is 170 cm³/mol. The highest BCUT2D eigenvalue weighted by Gasteiger charge is 2.03. The number of rotatable bonds is 33. The second-order valence-corrected chi connectivity index (χ2v) is 13.8. The monoisotopic (exact) mass is 559 g/mol. The third-order valence-corrected chi connectivity index (χ3v) is 9.06. The predicted octanol–water partition coefficient (Wildman–Crippen LogP) is 12.4. The lowest BCUT2D eigenvalue weighted by Gasteiger charge is -2.05. The van der Waals surface area contributed by atoms with Gasteiger partial charge < -0.3 is 0 Å². The lowest BCUT2D eigenvalue weighted by Crippen LogP contribution is -2.03. The van der Waals surface area contributed by atoms with Gasteiger partial charge in [-0.1, -0.05) is 206 Å². The van der Waals surface area contributed by atoms with Crippen LogP contribution in [0.25, 0.3) is 0 Å². The molecule has 0 unspecified atom stereocenters. The van der Waals surface area contributed by atoms with Gasteiger partial charge in [-0.25, -0.2) is 0 Å². The molecule has 4 heteroatoms. The molecule has 1 N–H and O–H groups in total. The van der Waals surface area contributed by atoms with Crippen molar-refractivity contribution in [2.45, 2.75) is 212 Å². The Hall–Kier alpha value is -0.0900. The maximum Gasteiger partial charge on any atom is 0.264 e. The molecule has 0 amide bonds. The highest BCUT2D eigenvalue weighted by Crippen LogP contribution is 2.16. The quantitative estimate of drug-likeness (QED) is 0.0643. The minimum Gasteiger partial charge on any atom is -0.286 e. The highest BCUT2D eigenvalue weighted by molar-refractivity contribution is 7.85. The molecule has 0 aromatic carbocycles. The van der Waals surface area contributed by atoms with Crippen LogP contribution in [-0.2, 0) is 10.1 Å². The first-order valence-corrected chi connectivity index (χ1v) is 19.1. The molecule has 0 saturated heterocycles. The van der Waals surface area contributed by atoms with Gasteiger partial charge in [0.25, 0.3) is 10.1 Å². The first-order chi connectivity index (χ1) is 18.6. The van der Waals surface area contributed by atoms with Gasteiger partial charge in [-0.05, 0) is 6.42 Å². The van der Waals surface area contributed by atoms with Crippen LogP contribution >= 0.6 is 0 Å². The van der Waals surface area contributed by atoms with Crippen LogP contribution < -0.4 is 0 Å². The van der Waals surface area contributed by atoms with Gasteiger partial charge in [0.2, 0.25) is 0 Å². The molecule has 0 rings (SSSR count). The molecule has 0 aromatic heterocycles. The zero-order valence-corrected chi connectivity index (χ0v) is 26.8. The van der Waals surface area contributed by atoms with Gasteiger partial charge in [0, 0.05) is 0 Å². The van der Waals surface area contributed by atoms with Crippen molar-refractivity contribution >= 4 is 10.1 Å². The van der Waals surface area contributed by atoms with E-state index < -0.39 is 10.1 Å². The van der Waals surface area contributed by atoms with E-state index in [1.807, 2.05) is 0 Å². The molecule has 230 valence electrons. The van der Waals surface area contributed by atoms with Crippen LogP contribution in [0.1, 0.15) is 212 Å². The fourth-order valence-corrected chi connectivity index (χ4v) is 6.23. The number of hydrogen-bond donors (Lipinski definition) is 1. The molecule has 0 aliphatic carbocycles. The fourth-order valence-electron chi connectivity index (χ4n) is 5.66. The normalized spacial score (nSPS) is 11.9. The van der Waals surface area contributed by atoms with E-state index in [2.05, 4.69) is 6.92 Å². The summed E-state index contributed by atoms with van der Waals surface area (Å²) >= 11 is 0. The van der Waals surface area contributed by atoms with E-state index in [9.17, 15) is 8.42 Å². The van der Waals surface area contributed by atoms with Crippen molar-refractivity contribution in [2.24, 2.45) is 0 Å². The molecule has 0 spiro atoms. The Morgan fingerprint density at radius 1 is 0.316 bits per heavy atom. The Kier molecular flexibility index (Phi) is 31.4. The Morgan fingerprint density at radius 3 is 0.632 bits per heavy atom. The first-order valence-electron chi connectivity index (χ1n) is 17.5. The summed E-state index contributed by atoms with van der Waals surface area (Å²) in [4.78, 5) is 0. The van der Waals surface area contributed by atoms with E-state index in [-0.39, 0.29) is 5.75 Å². The third kappa shape index (κ3) is 35.9. The van der Waals surface area contributed by atoms with Crippen LogP contribution in [0.15, 0.2) is 0 Å². The Labute approximate surface area is 240 Å². The summed E-state index contributed by atoms with van der Waals surface area (Å²) in [7, 11) is -3.76. The molecule has 0 saturated carbocycles. The summed E-state index contributed by atoms with van der Waals surface area (Å²) in [5.41, 5.74) is 0. The number of unbranched alkanes of at least 4 members (excludes halogenated alkanes) is 31. The molecular weight excluding hydrogens is 488 g/mol. The van der Waals surface area contributed by atoms with Gasteiger partial charge >= 0.3 is 0 Å². The van der Waals surface area contributed by atoms with E-state index in [4.69, 9.17) is 4.55 Å². The van der Waals surface area contributed by atoms with Crippen molar-refractivity contribution in [1.29, 1.82) is 0 Å². The summed E-state index contributed by atoms with van der Waals surface area (Å²) in [6.45, 7) is 2.30. The van der Waals surface area contributed by atoms with Crippen molar-refractivity contribution in [1.82, 2.24) is 0 Å². The molecule has 0 aromatic rings. The standard InChI is InChI=1S/C34H70O3S/c1-2-3-4-5-6-7-8-9-10-11-12-13-14-15-16-17-18-19-20-21-22-23-24-25-26-27-28-29-30-31-32-33-34-38(35,36)37/h2-34H2,1H3,(H,35,36,37). The molecule has 0 atom stereocenters. The van der Waals surface area contributed by atoms with E-state index in [1.165, 1.54) is 186 Å². The average Bonchev–Trinajstić information content (AvgIpc) is 2.88. The van der Waals surface area contributed by atoms with Crippen LogP contribution in [0.5, 0.6) is 0 Å². The highest BCUT2D eigenvalue weighted by atomic mass is 32.2. The molecule has 0 radical (unpaired) electrons. The van der Waals surface area contributed by atoms with Gasteiger partial charge in [-0.3, -0.25) is 4.55 Å². The van der Waals surface area contributed by atoms with E-state index in [0.717, 1.165) is 12.8 Å². The SMILES string of the molecule is CCCCCCCCCCCCCCCCCCCCCCCCCCCCCCCCCCS(=O)(=O)O. The van der Waals surface area contributed by atoms with Gasteiger partial charge in [0.05, 0.1) is 5.75 Å². The lowest BCUT2D eigenvalue weighted by atomic mass is 10.0. The maximum absolute atomic E-state index is 10.7. The van der Waals surface area contributed by atoms with Gasteiger partial charge in [0.15, 0.2) is 0 Å². The smallest absolute Gasteiger partial charge is 0.264 e. The van der Waals surface area contributed by atoms with E-state index >= 15 is 0 Å². The van der Waals surface area contributed by atoms with Gasteiger partial charge in [-0.15, -0.1) is 0 Å². The topological polar surface area (TPSA) is 54.4 Å². The maximum atomic E-state index is 10.7. The summed E-state index contributed by atoms with van der Waals surface area (Å²) in [6, 6.07) is 0. The molecule has 0 aliphatic rings. The van der Waals surface area contributed by atoms with Crippen molar-refractivity contribution in [3.63, 3.8) is 0 Å². The molecule has 38 heavy (non-hydrogen) atoms. The van der Waals surface area contributed by atoms with Crippen LogP contribution in [0, 0.1) is 0 Å². The molecule has 0 fully saturated rings. The fraction of sp³-hybridized carbons (Fsp3) is 1.00. The molecule has 0 aliphatic heterocycles. The first kappa shape index (κ1) is 37.9. The van der Waals surface area contributed by atoms with Crippen molar-refractivity contribution < 1.29 is 13.0 Å². The van der Waals surface area contributed by atoms with Crippen molar-refractivity contribution in [3.05, 3.63) is 0 Å². The van der Waals surface area contributed by atoms with Crippen LogP contribution in [0.2, 0.25) is 0 Å². The molecule has 0 bridgehead atoms. The Balaban J connectivity index is 3.05. The summed E-state index contributed by atoms with van der Waals surface area (Å²) in [6.07, 6.45) is 43.9. The molecular formula is C34H70O3S. The summed E-state index contributed by atoms with van der Waals surface area (Å²) in [5, 5.41) is 0. The van der Waals surface area contributed by atoms with Crippen molar-refractivity contribution in [2.75, 3.05) is 5.75 Å². The Morgan fingerprint density at radius 2 is 0.474 bits per heavy atom. The van der Waals surface area contributed by atoms with E-state index in [1.54, 1.807) is 0 Å². The zero-order valence-electron chi connectivity index (χ0n) is 26.0. The minimum absolute atomic E-state index is 0.0768. The summed E-state index contributed by atoms with van der Waals surface area (Å²) < 4.78 is 30.0. The summed E-state index contributed by atoms with van der Waals surface area (Å²) in [5.74, 6) is -0.0768. The minimum atomic E-state index is -3.76. The Bertz CT molecular complexity index is 532. The van der Waals surface area contributed by atoms with Crippen LogP contribution in [0.4, 0.5) is 0 Å². The van der Waals surface area contributed by atoms with E-state index in [0.29, 0.717) is 6.42 Å². The molecule has 0 heterocycles. The van der Waals surface area contributed by atoms with Gasteiger partial charge in [0.1, 0.15) is 0 Å². The average molecular weight is 559 g/mol. The van der Waals surface area contributed by atoms with Crippen molar-refractivity contribution in [3.8, 4) is 0 Å². The zero-order chi connectivity index (χ0) is 27.8. The van der Waals surface area contributed by atoms with Gasteiger partial charge in [-0.2, -0.15) is 8.42 Å². The van der Waals surface area contributed by atoms with Crippen LogP contribution in [-0.4, -0.2) is 18.7 Å².